The molecule has 1 aromatic carbocycles. The molecule has 2 aliphatic heterocycles. The molecule has 0 bridgehead atoms. The summed E-state index contributed by atoms with van der Waals surface area (Å²) in [6, 6.07) is 8.39. The third-order valence-electron chi connectivity index (χ3n) is 3.86. The van der Waals surface area contributed by atoms with Gasteiger partial charge in [0.2, 0.25) is 0 Å². The maximum atomic E-state index is 10.2. The van der Waals surface area contributed by atoms with Crippen LogP contribution in [0.25, 0.3) is 0 Å². The van der Waals surface area contributed by atoms with E-state index in [1.165, 1.54) is 0 Å². The van der Waals surface area contributed by atoms with Crippen molar-refractivity contribution >= 4 is 0 Å². The monoisotopic (exact) mass is 219 g/mol. The summed E-state index contributed by atoms with van der Waals surface area (Å²) in [7, 11) is 2.11. The number of fused-ring (bicyclic) bond motifs is 3. The molecule has 0 aromatic heterocycles. The van der Waals surface area contributed by atoms with E-state index in [9.17, 15) is 5.11 Å². The third-order valence-corrected chi connectivity index (χ3v) is 3.86. The summed E-state index contributed by atoms with van der Waals surface area (Å²) >= 11 is 0. The molecule has 0 spiro atoms. The van der Waals surface area contributed by atoms with Crippen molar-refractivity contribution in [1.82, 2.24) is 4.90 Å². The second-order valence-electron chi connectivity index (χ2n) is 4.78. The molecule has 3 nitrogen and oxygen atoms in total. The molecule has 1 saturated heterocycles. The number of likely N-dealkylation sites (N-methyl/N-ethyl adjacent to an activating group) is 1. The SMILES string of the molecule is CN1CCC(O)[C@@H]2c3ccccc3OC[C@@H]21. The van der Waals surface area contributed by atoms with Crippen molar-refractivity contribution in [2.45, 2.75) is 24.5 Å². The number of aliphatic hydroxyl groups is 1. The fourth-order valence-corrected chi connectivity index (χ4v) is 2.92. The predicted molar refractivity (Wildman–Crippen MR) is 61.7 cm³/mol. The van der Waals surface area contributed by atoms with Crippen molar-refractivity contribution in [3.8, 4) is 5.75 Å². The fourth-order valence-electron chi connectivity index (χ4n) is 2.92. The standard InChI is InChI=1S/C13H17NO2/c1-14-7-6-11(15)13-9-4-2-3-5-12(9)16-8-10(13)14/h2-5,10-11,13,15H,6-8H2,1H3/t10-,11?,13+/m0/s1. The van der Waals surface area contributed by atoms with Gasteiger partial charge in [0, 0.05) is 18.0 Å². The van der Waals surface area contributed by atoms with Gasteiger partial charge in [-0.15, -0.1) is 0 Å². The second kappa shape index (κ2) is 3.75. The van der Waals surface area contributed by atoms with Crippen LogP contribution in [0.15, 0.2) is 24.3 Å². The Bertz CT molecular complexity index is 393. The van der Waals surface area contributed by atoms with Crippen molar-refractivity contribution in [3.05, 3.63) is 29.8 Å². The van der Waals surface area contributed by atoms with Gasteiger partial charge in [-0.2, -0.15) is 0 Å². The minimum absolute atomic E-state index is 0.212. The molecule has 2 heterocycles. The molecule has 0 radical (unpaired) electrons. The van der Waals surface area contributed by atoms with Gasteiger partial charge >= 0.3 is 0 Å². The number of nitrogens with zero attached hydrogens (tertiary/aromatic N) is 1. The van der Waals surface area contributed by atoms with E-state index < -0.39 is 0 Å². The molecule has 0 saturated carbocycles. The number of hydrogen-bond acceptors (Lipinski definition) is 3. The van der Waals surface area contributed by atoms with Gasteiger partial charge in [0.15, 0.2) is 0 Å². The highest BCUT2D eigenvalue weighted by Crippen LogP contribution is 2.40. The molecule has 1 N–H and O–H groups in total. The van der Waals surface area contributed by atoms with E-state index in [0.29, 0.717) is 12.6 Å². The van der Waals surface area contributed by atoms with Gasteiger partial charge < -0.3 is 9.84 Å². The number of rotatable bonds is 0. The van der Waals surface area contributed by atoms with Crippen LogP contribution in [0.3, 0.4) is 0 Å². The number of aliphatic hydroxyl groups excluding tert-OH is 1. The van der Waals surface area contributed by atoms with Gasteiger partial charge in [-0.3, -0.25) is 4.90 Å². The average molecular weight is 219 g/mol. The minimum Gasteiger partial charge on any atom is -0.492 e. The van der Waals surface area contributed by atoms with Crippen LogP contribution in [-0.4, -0.2) is 42.4 Å². The molecule has 0 amide bonds. The van der Waals surface area contributed by atoms with E-state index in [0.717, 1.165) is 24.3 Å². The Balaban J connectivity index is 2.03. The summed E-state index contributed by atoms with van der Waals surface area (Å²) in [4.78, 5) is 2.30. The zero-order chi connectivity index (χ0) is 11.1. The van der Waals surface area contributed by atoms with Crippen LogP contribution in [0.2, 0.25) is 0 Å². The van der Waals surface area contributed by atoms with Gasteiger partial charge in [0.25, 0.3) is 0 Å². The lowest BCUT2D eigenvalue weighted by molar-refractivity contribution is 0.000484. The van der Waals surface area contributed by atoms with Gasteiger partial charge in [0.1, 0.15) is 12.4 Å². The van der Waals surface area contributed by atoms with Crippen molar-refractivity contribution in [3.63, 3.8) is 0 Å². The first kappa shape index (κ1) is 10.1. The fraction of sp³-hybridized carbons (Fsp3) is 0.538. The van der Waals surface area contributed by atoms with Crippen LogP contribution < -0.4 is 4.74 Å². The Hall–Kier alpha value is -1.06. The van der Waals surface area contributed by atoms with Crippen LogP contribution in [-0.2, 0) is 0 Å². The number of piperidine rings is 1. The maximum Gasteiger partial charge on any atom is 0.123 e. The highest BCUT2D eigenvalue weighted by molar-refractivity contribution is 5.40. The van der Waals surface area contributed by atoms with Crippen LogP contribution in [0, 0.1) is 0 Å². The van der Waals surface area contributed by atoms with E-state index >= 15 is 0 Å². The number of para-hydroxylation sites is 1. The first-order valence-corrected chi connectivity index (χ1v) is 5.87. The quantitative estimate of drug-likeness (QED) is 0.712. The second-order valence-corrected chi connectivity index (χ2v) is 4.78. The van der Waals surface area contributed by atoms with E-state index in [1.54, 1.807) is 0 Å². The van der Waals surface area contributed by atoms with Crippen molar-refractivity contribution in [2.75, 3.05) is 20.2 Å². The Morgan fingerprint density at radius 1 is 1.38 bits per heavy atom. The first-order valence-electron chi connectivity index (χ1n) is 5.87. The molecule has 2 aliphatic rings. The van der Waals surface area contributed by atoms with Crippen molar-refractivity contribution < 1.29 is 9.84 Å². The molecule has 86 valence electrons. The average Bonchev–Trinajstić information content (AvgIpc) is 2.33. The molecule has 3 atom stereocenters. The predicted octanol–water partition coefficient (Wildman–Crippen LogP) is 1.23. The van der Waals surface area contributed by atoms with Gasteiger partial charge in [-0.05, 0) is 19.5 Å². The highest BCUT2D eigenvalue weighted by atomic mass is 16.5. The van der Waals surface area contributed by atoms with Gasteiger partial charge in [-0.1, -0.05) is 18.2 Å². The number of benzene rings is 1. The first-order chi connectivity index (χ1) is 7.77. The highest BCUT2D eigenvalue weighted by Gasteiger charge is 2.40. The largest absolute Gasteiger partial charge is 0.492 e. The molecule has 3 rings (SSSR count). The van der Waals surface area contributed by atoms with Crippen LogP contribution in [0.4, 0.5) is 0 Å². The third kappa shape index (κ3) is 1.43. The van der Waals surface area contributed by atoms with Crippen molar-refractivity contribution in [2.24, 2.45) is 0 Å². The zero-order valence-electron chi connectivity index (χ0n) is 9.47. The van der Waals surface area contributed by atoms with Gasteiger partial charge in [0.05, 0.1) is 12.1 Å². The van der Waals surface area contributed by atoms with E-state index in [-0.39, 0.29) is 12.0 Å². The summed E-state index contributed by atoms with van der Waals surface area (Å²) in [5, 5.41) is 10.2. The lowest BCUT2D eigenvalue weighted by Gasteiger charge is -2.45. The molecular formula is C13H17NO2. The normalized spacial score (nSPS) is 33.8. The molecule has 3 heteroatoms. The van der Waals surface area contributed by atoms with Crippen molar-refractivity contribution in [1.29, 1.82) is 0 Å². The van der Waals surface area contributed by atoms with Gasteiger partial charge in [-0.25, -0.2) is 0 Å². The molecule has 1 fully saturated rings. The molecule has 1 unspecified atom stereocenters. The summed E-state index contributed by atoms with van der Waals surface area (Å²) in [5.74, 6) is 1.15. The summed E-state index contributed by atoms with van der Waals surface area (Å²) in [5.41, 5.74) is 1.16. The Labute approximate surface area is 95.6 Å². The van der Waals surface area contributed by atoms with E-state index in [2.05, 4.69) is 18.0 Å². The molecule has 0 aliphatic carbocycles. The lowest BCUT2D eigenvalue weighted by Crippen LogP contribution is -2.52. The van der Waals surface area contributed by atoms with E-state index in [1.807, 2.05) is 18.2 Å². The number of likely N-dealkylation sites (tertiary alicyclic amines) is 1. The Kier molecular flexibility index (Phi) is 2.37. The maximum absolute atomic E-state index is 10.2. The summed E-state index contributed by atoms with van der Waals surface area (Å²) in [6.07, 6.45) is 0.623. The Morgan fingerprint density at radius 3 is 3.06 bits per heavy atom. The number of ether oxygens (including phenoxy) is 1. The van der Waals surface area contributed by atoms with Crippen LogP contribution in [0.5, 0.6) is 5.75 Å². The zero-order valence-corrected chi connectivity index (χ0v) is 9.47. The number of hydrogen-bond donors (Lipinski definition) is 1. The topological polar surface area (TPSA) is 32.7 Å². The smallest absolute Gasteiger partial charge is 0.123 e. The lowest BCUT2D eigenvalue weighted by atomic mass is 9.80. The minimum atomic E-state index is -0.230. The molecule has 1 aromatic rings. The summed E-state index contributed by atoms with van der Waals surface area (Å²) in [6.45, 7) is 1.64. The summed E-state index contributed by atoms with van der Waals surface area (Å²) < 4.78 is 5.76. The van der Waals surface area contributed by atoms with Crippen LogP contribution in [0.1, 0.15) is 17.9 Å². The Morgan fingerprint density at radius 2 is 2.19 bits per heavy atom. The molecule has 16 heavy (non-hydrogen) atoms. The molecular weight excluding hydrogens is 202 g/mol. The van der Waals surface area contributed by atoms with Crippen LogP contribution >= 0.6 is 0 Å². The van der Waals surface area contributed by atoms with E-state index in [4.69, 9.17) is 4.74 Å².